The third-order valence-corrected chi connectivity index (χ3v) is 6.73. The van der Waals surface area contributed by atoms with Crippen LogP contribution < -0.4 is 15.0 Å². The van der Waals surface area contributed by atoms with Gasteiger partial charge in [0.05, 0.1) is 12.6 Å². The van der Waals surface area contributed by atoms with Gasteiger partial charge in [-0.2, -0.15) is 4.98 Å². The number of hydrogen-bond donors (Lipinski definition) is 1. The maximum atomic E-state index is 13.2. The van der Waals surface area contributed by atoms with E-state index in [0.717, 1.165) is 30.0 Å². The van der Waals surface area contributed by atoms with Gasteiger partial charge in [0, 0.05) is 70.0 Å². The maximum absolute atomic E-state index is 13.2. The number of piperazine rings is 1. The van der Waals surface area contributed by atoms with Crippen LogP contribution in [0.3, 0.4) is 0 Å². The van der Waals surface area contributed by atoms with Crippen molar-refractivity contribution >= 4 is 23.3 Å². The van der Waals surface area contributed by atoms with Crippen LogP contribution >= 0.6 is 11.6 Å². The Labute approximate surface area is 232 Å². The standard InChI is InChI=1S/C28H31ClN8O2/c1-2-39-24-7-5-21(6-8-24)17-32-27(38)14-23-19-35(18-22-4-3-9-30-16-22)12-13-37(23)26-15-25(29)33-28(34-26)36-11-10-31-20-36/h3-11,15-16,20,23H,2,12-14,17-19H2,1H3,(H,32,38). The summed E-state index contributed by atoms with van der Waals surface area (Å²) in [5, 5.41) is 3.41. The highest BCUT2D eigenvalue weighted by atomic mass is 35.5. The molecule has 1 aromatic carbocycles. The summed E-state index contributed by atoms with van der Waals surface area (Å²) >= 11 is 6.41. The van der Waals surface area contributed by atoms with Crippen LogP contribution in [0.2, 0.25) is 5.15 Å². The fraction of sp³-hybridized carbons (Fsp3) is 0.321. The molecule has 39 heavy (non-hydrogen) atoms. The molecule has 1 saturated heterocycles. The van der Waals surface area contributed by atoms with Gasteiger partial charge in [0.1, 0.15) is 23.0 Å². The van der Waals surface area contributed by atoms with Crippen LogP contribution in [-0.4, -0.2) is 67.6 Å². The van der Waals surface area contributed by atoms with Crippen LogP contribution in [0.5, 0.6) is 5.75 Å². The van der Waals surface area contributed by atoms with Crippen molar-refractivity contribution in [1.82, 2.24) is 34.7 Å². The molecular formula is C28H31ClN8O2. The molecule has 0 saturated carbocycles. The van der Waals surface area contributed by atoms with Gasteiger partial charge < -0.3 is 15.0 Å². The number of pyridine rings is 1. The van der Waals surface area contributed by atoms with E-state index < -0.39 is 0 Å². The Morgan fingerprint density at radius 3 is 2.72 bits per heavy atom. The lowest BCUT2D eigenvalue weighted by molar-refractivity contribution is -0.121. The molecular weight excluding hydrogens is 516 g/mol. The van der Waals surface area contributed by atoms with Crippen molar-refractivity contribution in [2.45, 2.75) is 32.5 Å². The molecule has 1 amide bonds. The monoisotopic (exact) mass is 546 g/mol. The number of nitrogens with zero attached hydrogens (tertiary/aromatic N) is 7. The number of imidazole rings is 1. The van der Waals surface area contributed by atoms with E-state index in [-0.39, 0.29) is 11.9 Å². The van der Waals surface area contributed by atoms with E-state index in [4.69, 9.17) is 21.3 Å². The van der Waals surface area contributed by atoms with Gasteiger partial charge in [-0.05, 0) is 36.2 Å². The molecule has 4 heterocycles. The van der Waals surface area contributed by atoms with Gasteiger partial charge in [-0.15, -0.1) is 0 Å². The SMILES string of the molecule is CCOc1ccc(CNC(=O)CC2CN(Cc3cccnc3)CCN2c2cc(Cl)nc(-n3ccnc3)n2)cc1. The lowest BCUT2D eigenvalue weighted by Gasteiger charge is -2.42. The summed E-state index contributed by atoms with van der Waals surface area (Å²) in [5.74, 6) is 1.91. The van der Waals surface area contributed by atoms with Crippen molar-refractivity contribution in [2.24, 2.45) is 0 Å². The predicted octanol–water partition coefficient (Wildman–Crippen LogP) is 3.51. The topological polar surface area (TPSA) is 101 Å². The van der Waals surface area contributed by atoms with Gasteiger partial charge in [0.25, 0.3) is 0 Å². The number of anilines is 1. The van der Waals surface area contributed by atoms with Crippen molar-refractivity contribution in [3.05, 3.63) is 89.9 Å². The van der Waals surface area contributed by atoms with Crippen LogP contribution in [0.15, 0.2) is 73.6 Å². The molecule has 3 aromatic heterocycles. The van der Waals surface area contributed by atoms with Gasteiger partial charge in [0.2, 0.25) is 11.9 Å². The number of hydrogen-bond acceptors (Lipinski definition) is 8. The minimum Gasteiger partial charge on any atom is -0.494 e. The normalized spacial score (nSPS) is 15.7. The van der Waals surface area contributed by atoms with Gasteiger partial charge in [-0.25, -0.2) is 9.97 Å². The van der Waals surface area contributed by atoms with Gasteiger partial charge in [0.15, 0.2) is 0 Å². The molecule has 10 nitrogen and oxygen atoms in total. The average Bonchev–Trinajstić information content (AvgIpc) is 3.49. The Balaban J connectivity index is 1.31. The zero-order valence-corrected chi connectivity index (χ0v) is 22.5. The van der Waals surface area contributed by atoms with E-state index in [0.29, 0.717) is 49.6 Å². The van der Waals surface area contributed by atoms with Crippen molar-refractivity contribution in [3.63, 3.8) is 0 Å². The molecule has 1 fully saturated rings. The largest absolute Gasteiger partial charge is 0.494 e. The number of benzene rings is 1. The highest BCUT2D eigenvalue weighted by molar-refractivity contribution is 6.29. The summed E-state index contributed by atoms with van der Waals surface area (Å²) in [6.45, 7) is 5.96. The first kappa shape index (κ1) is 26.6. The summed E-state index contributed by atoms with van der Waals surface area (Å²) < 4.78 is 7.22. The second-order valence-corrected chi connectivity index (χ2v) is 9.71. The zero-order chi connectivity index (χ0) is 27.0. The van der Waals surface area contributed by atoms with Crippen molar-refractivity contribution < 1.29 is 9.53 Å². The predicted molar refractivity (Wildman–Crippen MR) is 149 cm³/mol. The van der Waals surface area contributed by atoms with Gasteiger partial charge >= 0.3 is 0 Å². The van der Waals surface area contributed by atoms with Crippen molar-refractivity contribution in [1.29, 1.82) is 0 Å². The highest BCUT2D eigenvalue weighted by Gasteiger charge is 2.30. The molecule has 0 spiro atoms. The third kappa shape index (κ3) is 7.10. The number of nitrogens with one attached hydrogen (secondary N) is 1. The number of carbonyl (C=O) groups is 1. The van der Waals surface area contributed by atoms with E-state index in [1.165, 1.54) is 0 Å². The molecule has 202 valence electrons. The Morgan fingerprint density at radius 1 is 1.10 bits per heavy atom. The van der Waals surface area contributed by atoms with Crippen LogP contribution in [0.4, 0.5) is 5.82 Å². The van der Waals surface area contributed by atoms with Crippen molar-refractivity contribution in [3.8, 4) is 11.7 Å². The molecule has 0 radical (unpaired) electrons. The number of ether oxygens (including phenoxy) is 1. The van der Waals surface area contributed by atoms with E-state index >= 15 is 0 Å². The van der Waals surface area contributed by atoms with E-state index in [1.54, 1.807) is 35.6 Å². The molecule has 1 aliphatic heterocycles. The number of carbonyl (C=O) groups excluding carboxylic acids is 1. The van der Waals surface area contributed by atoms with Crippen LogP contribution in [0.25, 0.3) is 5.95 Å². The molecule has 1 aliphatic rings. The second-order valence-electron chi connectivity index (χ2n) is 9.32. The first-order chi connectivity index (χ1) is 19.1. The number of rotatable bonds is 10. The summed E-state index contributed by atoms with van der Waals surface area (Å²) in [6, 6.07) is 13.4. The fourth-order valence-corrected chi connectivity index (χ4v) is 4.85. The maximum Gasteiger partial charge on any atom is 0.238 e. The Hall–Kier alpha value is -4.02. The smallest absolute Gasteiger partial charge is 0.238 e. The van der Waals surface area contributed by atoms with Crippen molar-refractivity contribution in [2.75, 3.05) is 31.1 Å². The second kappa shape index (κ2) is 12.7. The number of halogens is 1. The Morgan fingerprint density at radius 2 is 1.97 bits per heavy atom. The Kier molecular flexibility index (Phi) is 8.65. The highest BCUT2D eigenvalue weighted by Crippen LogP contribution is 2.25. The summed E-state index contributed by atoms with van der Waals surface area (Å²) in [4.78, 5) is 35.1. The van der Waals surface area contributed by atoms with Gasteiger partial charge in [-0.3, -0.25) is 19.2 Å². The van der Waals surface area contributed by atoms with Gasteiger partial charge in [-0.1, -0.05) is 29.8 Å². The lowest BCUT2D eigenvalue weighted by atomic mass is 10.1. The summed E-state index contributed by atoms with van der Waals surface area (Å²) in [5.41, 5.74) is 2.15. The quantitative estimate of drug-likeness (QED) is 0.302. The number of amides is 1. The first-order valence-electron chi connectivity index (χ1n) is 13.0. The summed E-state index contributed by atoms with van der Waals surface area (Å²) in [6.07, 6.45) is 9.03. The molecule has 1 unspecified atom stereocenters. The average molecular weight is 547 g/mol. The zero-order valence-electron chi connectivity index (χ0n) is 21.8. The third-order valence-electron chi connectivity index (χ3n) is 6.54. The minimum absolute atomic E-state index is 0.0305. The Bertz CT molecular complexity index is 1350. The van der Waals surface area contributed by atoms with E-state index in [1.807, 2.05) is 43.5 Å². The molecule has 4 aromatic rings. The number of aromatic nitrogens is 5. The molecule has 1 N–H and O–H groups in total. The minimum atomic E-state index is -0.114. The lowest BCUT2D eigenvalue weighted by Crippen LogP contribution is -2.54. The molecule has 1 atom stereocenters. The first-order valence-corrected chi connectivity index (χ1v) is 13.3. The summed E-state index contributed by atoms with van der Waals surface area (Å²) in [7, 11) is 0. The molecule has 5 rings (SSSR count). The van der Waals surface area contributed by atoms with Crippen LogP contribution in [0.1, 0.15) is 24.5 Å². The van der Waals surface area contributed by atoms with Crippen LogP contribution in [0, 0.1) is 0 Å². The fourth-order valence-electron chi connectivity index (χ4n) is 4.68. The van der Waals surface area contributed by atoms with E-state index in [9.17, 15) is 4.79 Å². The van der Waals surface area contributed by atoms with E-state index in [2.05, 4.69) is 36.1 Å². The molecule has 0 bridgehead atoms. The van der Waals surface area contributed by atoms with Crippen LogP contribution in [-0.2, 0) is 17.9 Å². The molecule has 0 aliphatic carbocycles. The molecule has 11 heteroatoms.